The maximum Gasteiger partial charge on any atom is 0.271 e. The van der Waals surface area contributed by atoms with Gasteiger partial charge in [0.2, 0.25) is 0 Å². The molecule has 2 N–H and O–H groups in total. The molecule has 0 aliphatic rings. The number of nitrogens with one attached hydrogen (secondary N) is 2. The number of nitro groups is 1. The molecule has 0 aliphatic heterocycles. The van der Waals surface area contributed by atoms with Crippen molar-refractivity contribution in [3.05, 3.63) is 88.7 Å². The van der Waals surface area contributed by atoms with Crippen LogP contribution in [0.2, 0.25) is 0 Å². The number of nitrogens with zero attached hydrogens (tertiary/aromatic N) is 1. The van der Waals surface area contributed by atoms with Crippen molar-refractivity contribution in [2.24, 2.45) is 0 Å². The van der Waals surface area contributed by atoms with E-state index in [0.717, 1.165) is 12.1 Å². The summed E-state index contributed by atoms with van der Waals surface area (Å²) >= 11 is 0. The van der Waals surface area contributed by atoms with Crippen LogP contribution in [0.1, 0.15) is 0 Å². The van der Waals surface area contributed by atoms with Crippen LogP contribution in [0.5, 0.6) is 5.75 Å². The highest BCUT2D eigenvalue weighted by atomic mass is 32.2. The summed E-state index contributed by atoms with van der Waals surface area (Å²) in [6.07, 6.45) is 0. The van der Waals surface area contributed by atoms with E-state index in [1.54, 1.807) is 0 Å². The van der Waals surface area contributed by atoms with Crippen LogP contribution in [-0.4, -0.2) is 25.9 Å². The molecule has 0 aliphatic carbocycles. The molecule has 31 heavy (non-hydrogen) atoms. The Balaban J connectivity index is 1.57. The normalized spacial score (nSPS) is 10.9. The van der Waals surface area contributed by atoms with Gasteiger partial charge in [0.25, 0.3) is 21.6 Å². The first-order valence-electron chi connectivity index (χ1n) is 8.78. The molecule has 0 aromatic heterocycles. The van der Waals surface area contributed by atoms with Gasteiger partial charge in [-0.15, -0.1) is 0 Å². The van der Waals surface area contributed by atoms with Crippen LogP contribution in [0.4, 0.5) is 21.5 Å². The van der Waals surface area contributed by atoms with E-state index in [-0.39, 0.29) is 34.3 Å². The molecule has 0 bridgehead atoms. The Labute approximate surface area is 176 Å². The molecule has 3 rings (SSSR count). The van der Waals surface area contributed by atoms with Gasteiger partial charge in [-0.2, -0.15) is 0 Å². The minimum atomic E-state index is -3.89. The molecule has 0 saturated heterocycles. The number of rotatable bonds is 8. The highest BCUT2D eigenvalue weighted by Crippen LogP contribution is 2.20. The quantitative estimate of drug-likeness (QED) is 0.403. The molecule has 0 spiro atoms. The second kappa shape index (κ2) is 9.22. The number of amides is 1. The van der Waals surface area contributed by atoms with E-state index in [0.29, 0.717) is 0 Å². The van der Waals surface area contributed by atoms with Gasteiger partial charge in [0.05, 0.1) is 9.82 Å². The van der Waals surface area contributed by atoms with Crippen molar-refractivity contribution in [2.45, 2.75) is 4.90 Å². The monoisotopic (exact) mass is 445 g/mol. The Kier molecular flexibility index (Phi) is 6.46. The minimum absolute atomic E-state index is 0.0507. The first-order valence-corrected chi connectivity index (χ1v) is 10.3. The average Bonchev–Trinajstić information content (AvgIpc) is 2.74. The maximum atomic E-state index is 12.9. The lowest BCUT2D eigenvalue weighted by molar-refractivity contribution is -0.384. The van der Waals surface area contributed by atoms with Gasteiger partial charge in [0, 0.05) is 23.5 Å². The summed E-state index contributed by atoms with van der Waals surface area (Å²) in [6, 6.07) is 15.6. The fraction of sp³-hybridized carbons (Fsp3) is 0.0500. The Morgan fingerprint density at radius 2 is 1.68 bits per heavy atom. The van der Waals surface area contributed by atoms with Crippen LogP contribution in [0.15, 0.2) is 77.7 Å². The molecule has 160 valence electrons. The van der Waals surface area contributed by atoms with E-state index in [2.05, 4.69) is 10.0 Å². The van der Waals surface area contributed by atoms with E-state index in [4.69, 9.17) is 4.74 Å². The first-order chi connectivity index (χ1) is 14.7. The lowest BCUT2D eigenvalue weighted by Gasteiger charge is -2.10. The van der Waals surface area contributed by atoms with Gasteiger partial charge >= 0.3 is 0 Å². The maximum absolute atomic E-state index is 12.9. The van der Waals surface area contributed by atoms with Crippen molar-refractivity contribution >= 4 is 33.0 Å². The van der Waals surface area contributed by atoms with Gasteiger partial charge in [-0.1, -0.05) is 6.07 Å². The zero-order valence-electron chi connectivity index (χ0n) is 15.8. The minimum Gasteiger partial charge on any atom is -0.484 e. The molecule has 0 fully saturated rings. The smallest absolute Gasteiger partial charge is 0.271 e. The Hall–Kier alpha value is -3.99. The summed E-state index contributed by atoms with van der Waals surface area (Å²) in [5, 5.41) is 13.2. The van der Waals surface area contributed by atoms with Crippen LogP contribution < -0.4 is 14.8 Å². The molecule has 0 radical (unpaired) electrons. The lowest BCUT2D eigenvalue weighted by Crippen LogP contribution is -2.20. The Bertz CT molecular complexity index is 1200. The fourth-order valence-electron chi connectivity index (χ4n) is 2.49. The lowest BCUT2D eigenvalue weighted by atomic mass is 10.3. The molecule has 0 atom stereocenters. The number of sulfonamides is 1. The van der Waals surface area contributed by atoms with Gasteiger partial charge in [0.15, 0.2) is 6.61 Å². The second-order valence-electron chi connectivity index (χ2n) is 6.23. The second-order valence-corrected chi connectivity index (χ2v) is 7.91. The predicted octanol–water partition coefficient (Wildman–Crippen LogP) is 3.55. The summed E-state index contributed by atoms with van der Waals surface area (Å²) in [4.78, 5) is 22.1. The van der Waals surface area contributed by atoms with Gasteiger partial charge in [-0.05, 0) is 54.6 Å². The molecule has 11 heteroatoms. The number of non-ortho nitro benzene ring substituents is 1. The van der Waals surface area contributed by atoms with Crippen LogP contribution in [0, 0.1) is 15.9 Å². The van der Waals surface area contributed by atoms with Crippen molar-refractivity contribution < 1.29 is 27.3 Å². The highest BCUT2D eigenvalue weighted by molar-refractivity contribution is 7.92. The van der Waals surface area contributed by atoms with Crippen molar-refractivity contribution in [1.29, 1.82) is 0 Å². The van der Waals surface area contributed by atoms with Crippen LogP contribution in [0.25, 0.3) is 0 Å². The number of nitro benzene ring substituents is 1. The molecule has 3 aromatic rings. The van der Waals surface area contributed by atoms with Crippen molar-refractivity contribution in [2.75, 3.05) is 16.6 Å². The largest absolute Gasteiger partial charge is 0.484 e. The predicted molar refractivity (Wildman–Crippen MR) is 111 cm³/mol. The number of hydrogen-bond donors (Lipinski definition) is 2. The third kappa shape index (κ3) is 6.00. The van der Waals surface area contributed by atoms with E-state index < -0.39 is 26.7 Å². The Morgan fingerprint density at radius 1 is 1.00 bits per heavy atom. The van der Waals surface area contributed by atoms with Crippen LogP contribution in [0.3, 0.4) is 0 Å². The summed E-state index contributed by atoms with van der Waals surface area (Å²) in [5.74, 6) is -0.788. The molecule has 3 aromatic carbocycles. The van der Waals surface area contributed by atoms with Crippen molar-refractivity contribution in [3.8, 4) is 5.75 Å². The molecular weight excluding hydrogens is 429 g/mol. The number of ether oxygens (including phenoxy) is 1. The molecule has 0 heterocycles. The molecule has 9 nitrogen and oxygen atoms in total. The van der Waals surface area contributed by atoms with E-state index in [1.807, 2.05) is 0 Å². The van der Waals surface area contributed by atoms with Crippen molar-refractivity contribution in [1.82, 2.24) is 0 Å². The number of anilines is 2. The average molecular weight is 445 g/mol. The third-order valence-electron chi connectivity index (χ3n) is 3.94. The van der Waals surface area contributed by atoms with E-state index in [1.165, 1.54) is 60.7 Å². The van der Waals surface area contributed by atoms with Crippen LogP contribution >= 0.6 is 0 Å². The molecule has 0 saturated carbocycles. The van der Waals surface area contributed by atoms with Gasteiger partial charge in [-0.3, -0.25) is 19.6 Å². The zero-order chi connectivity index (χ0) is 22.4. The number of carbonyl (C=O) groups is 1. The number of halogens is 1. The molecule has 0 unspecified atom stereocenters. The molecule has 1 amide bonds. The van der Waals surface area contributed by atoms with Crippen LogP contribution in [-0.2, 0) is 14.8 Å². The van der Waals surface area contributed by atoms with Crippen molar-refractivity contribution in [3.63, 3.8) is 0 Å². The summed E-state index contributed by atoms with van der Waals surface area (Å²) in [6.45, 7) is -0.386. The summed E-state index contributed by atoms with van der Waals surface area (Å²) in [5.41, 5.74) is 0.292. The fourth-order valence-corrected chi connectivity index (χ4v) is 3.55. The highest BCUT2D eigenvalue weighted by Gasteiger charge is 2.15. The standard InChI is InChI=1S/C20H16FN3O6S/c21-14-4-6-15(7-5-14)23-31(28,29)19-10-8-18(9-11-19)30-13-20(25)22-16-2-1-3-17(12-16)24(26)27/h1-12,23H,13H2,(H,22,25). The first kappa shape index (κ1) is 21.7. The van der Waals surface area contributed by atoms with Gasteiger partial charge < -0.3 is 10.1 Å². The summed E-state index contributed by atoms with van der Waals surface area (Å²) < 4.78 is 45.3. The number of hydrogen-bond acceptors (Lipinski definition) is 6. The molecular formula is C20H16FN3O6S. The van der Waals surface area contributed by atoms with E-state index >= 15 is 0 Å². The third-order valence-corrected chi connectivity index (χ3v) is 5.34. The van der Waals surface area contributed by atoms with E-state index in [9.17, 15) is 27.7 Å². The number of carbonyl (C=O) groups excluding carboxylic acids is 1. The topological polar surface area (TPSA) is 128 Å². The van der Waals surface area contributed by atoms with Gasteiger partial charge in [-0.25, -0.2) is 12.8 Å². The SMILES string of the molecule is O=C(COc1ccc(S(=O)(=O)Nc2ccc(F)cc2)cc1)Nc1cccc([N+](=O)[O-])c1. The zero-order valence-corrected chi connectivity index (χ0v) is 16.6. The summed E-state index contributed by atoms with van der Waals surface area (Å²) in [7, 11) is -3.89. The number of benzene rings is 3. The Morgan fingerprint density at radius 3 is 2.32 bits per heavy atom. The van der Waals surface area contributed by atoms with Gasteiger partial charge in [0.1, 0.15) is 11.6 Å².